The molecule has 0 bridgehead atoms. The van der Waals surface area contributed by atoms with E-state index in [1.165, 1.54) is 0 Å². The monoisotopic (exact) mass is 268 g/mol. The molecule has 3 N–H and O–H groups in total. The lowest BCUT2D eigenvalue weighted by molar-refractivity contribution is -0.154. The Morgan fingerprint density at radius 2 is 1.79 bits per heavy atom. The molecule has 2 aliphatic rings. The number of aliphatic carboxylic acids is 1. The maximum absolute atomic E-state index is 12.1. The van der Waals surface area contributed by atoms with Crippen LogP contribution in [0.15, 0.2) is 0 Å². The van der Waals surface area contributed by atoms with Gasteiger partial charge >= 0.3 is 5.97 Å². The van der Waals surface area contributed by atoms with Crippen LogP contribution in [0.25, 0.3) is 0 Å². The number of amides is 1. The number of carbonyl (C=O) groups excluding carboxylic acids is 1. The van der Waals surface area contributed by atoms with Gasteiger partial charge in [-0.3, -0.25) is 9.59 Å². The molecule has 0 radical (unpaired) electrons. The van der Waals surface area contributed by atoms with E-state index in [4.69, 9.17) is 0 Å². The number of rotatable bonds is 4. The fourth-order valence-corrected chi connectivity index (χ4v) is 3.25. The molecule has 1 aliphatic carbocycles. The summed E-state index contributed by atoms with van der Waals surface area (Å²) in [6.45, 7) is 1.85. The first kappa shape index (κ1) is 14.3. The standard InChI is InChI=1S/C14H24N2O3/c17-12(16-11-4-8-15-9-5-11)10-14(13(18)19)6-2-1-3-7-14/h11,15H,1-10H2,(H,16,17)(H,18,19). The van der Waals surface area contributed by atoms with E-state index in [0.717, 1.165) is 45.2 Å². The summed E-state index contributed by atoms with van der Waals surface area (Å²) in [6.07, 6.45) is 6.23. The third-order valence-corrected chi connectivity index (χ3v) is 4.47. The lowest BCUT2D eigenvalue weighted by Gasteiger charge is -2.33. The Bertz CT molecular complexity index is 332. The summed E-state index contributed by atoms with van der Waals surface area (Å²) < 4.78 is 0. The largest absolute Gasteiger partial charge is 0.481 e. The Balaban J connectivity index is 1.89. The second-order valence-electron chi connectivity index (χ2n) is 5.91. The first-order chi connectivity index (χ1) is 9.12. The smallest absolute Gasteiger partial charge is 0.310 e. The van der Waals surface area contributed by atoms with Crippen molar-refractivity contribution in [1.82, 2.24) is 10.6 Å². The van der Waals surface area contributed by atoms with Crippen molar-refractivity contribution in [3.05, 3.63) is 0 Å². The van der Waals surface area contributed by atoms with Crippen molar-refractivity contribution < 1.29 is 14.7 Å². The van der Waals surface area contributed by atoms with E-state index >= 15 is 0 Å². The second kappa shape index (κ2) is 6.37. The van der Waals surface area contributed by atoms with E-state index in [1.807, 2.05) is 0 Å². The van der Waals surface area contributed by atoms with E-state index in [0.29, 0.717) is 12.8 Å². The summed E-state index contributed by atoms with van der Waals surface area (Å²) in [5.74, 6) is -0.885. The van der Waals surface area contributed by atoms with Crippen LogP contribution in [0.5, 0.6) is 0 Å². The van der Waals surface area contributed by atoms with Crippen LogP contribution < -0.4 is 10.6 Å². The minimum absolute atomic E-state index is 0.0869. The van der Waals surface area contributed by atoms with Crippen LogP contribution in [0.4, 0.5) is 0 Å². The van der Waals surface area contributed by atoms with E-state index in [-0.39, 0.29) is 18.4 Å². The Kier molecular flexibility index (Phi) is 4.80. The number of piperidine rings is 1. The molecular weight excluding hydrogens is 244 g/mol. The number of carbonyl (C=O) groups is 2. The van der Waals surface area contributed by atoms with Crippen LogP contribution in [0.3, 0.4) is 0 Å². The van der Waals surface area contributed by atoms with Crippen LogP contribution in [0.2, 0.25) is 0 Å². The Morgan fingerprint density at radius 3 is 2.37 bits per heavy atom. The van der Waals surface area contributed by atoms with E-state index in [9.17, 15) is 14.7 Å². The summed E-state index contributed by atoms with van der Waals surface area (Å²) >= 11 is 0. The van der Waals surface area contributed by atoms with E-state index < -0.39 is 11.4 Å². The molecule has 2 fully saturated rings. The summed E-state index contributed by atoms with van der Waals surface area (Å²) in [7, 11) is 0. The zero-order valence-electron chi connectivity index (χ0n) is 11.4. The van der Waals surface area contributed by atoms with Gasteiger partial charge in [0.2, 0.25) is 5.91 Å². The van der Waals surface area contributed by atoms with Gasteiger partial charge in [-0.15, -0.1) is 0 Å². The van der Waals surface area contributed by atoms with Crippen molar-refractivity contribution >= 4 is 11.9 Å². The predicted molar refractivity (Wildman–Crippen MR) is 71.8 cm³/mol. The molecule has 0 atom stereocenters. The normalized spacial score (nSPS) is 23.8. The molecule has 1 saturated carbocycles. The Labute approximate surface area is 114 Å². The maximum atomic E-state index is 12.1. The molecule has 19 heavy (non-hydrogen) atoms. The maximum Gasteiger partial charge on any atom is 0.310 e. The number of nitrogens with one attached hydrogen (secondary N) is 2. The van der Waals surface area contributed by atoms with Crippen LogP contribution in [0, 0.1) is 5.41 Å². The fourth-order valence-electron chi connectivity index (χ4n) is 3.25. The van der Waals surface area contributed by atoms with Crippen molar-refractivity contribution in [2.24, 2.45) is 5.41 Å². The Morgan fingerprint density at radius 1 is 1.16 bits per heavy atom. The van der Waals surface area contributed by atoms with Crippen molar-refractivity contribution in [3.8, 4) is 0 Å². The van der Waals surface area contributed by atoms with E-state index in [1.54, 1.807) is 0 Å². The summed E-state index contributed by atoms with van der Waals surface area (Å²) in [5, 5.41) is 15.7. The number of hydrogen-bond donors (Lipinski definition) is 3. The van der Waals surface area contributed by atoms with E-state index in [2.05, 4.69) is 10.6 Å². The van der Waals surface area contributed by atoms with Gasteiger partial charge in [0.1, 0.15) is 0 Å². The lowest BCUT2D eigenvalue weighted by atomic mass is 9.71. The molecule has 0 aromatic rings. The van der Waals surface area contributed by atoms with Gasteiger partial charge in [-0.1, -0.05) is 19.3 Å². The predicted octanol–water partition coefficient (Wildman–Crippen LogP) is 1.28. The number of carboxylic acid groups (broad SMARTS) is 1. The van der Waals surface area contributed by atoms with Gasteiger partial charge in [0, 0.05) is 12.5 Å². The highest BCUT2D eigenvalue weighted by atomic mass is 16.4. The van der Waals surface area contributed by atoms with Crippen molar-refractivity contribution in [2.45, 2.75) is 57.4 Å². The molecule has 1 aliphatic heterocycles. The zero-order valence-corrected chi connectivity index (χ0v) is 11.4. The van der Waals surface area contributed by atoms with Gasteiger partial charge < -0.3 is 15.7 Å². The highest BCUT2D eigenvalue weighted by molar-refractivity contribution is 5.85. The highest BCUT2D eigenvalue weighted by Crippen LogP contribution is 2.39. The number of carboxylic acids is 1. The minimum atomic E-state index is -0.810. The van der Waals surface area contributed by atoms with Crippen LogP contribution in [-0.4, -0.2) is 36.1 Å². The lowest BCUT2D eigenvalue weighted by Crippen LogP contribution is -2.45. The highest BCUT2D eigenvalue weighted by Gasteiger charge is 2.41. The molecule has 1 saturated heterocycles. The van der Waals surface area contributed by atoms with Gasteiger partial charge in [0.05, 0.1) is 5.41 Å². The first-order valence-electron chi connectivity index (χ1n) is 7.36. The first-order valence-corrected chi connectivity index (χ1v) is 7.36. The molecule has 2 rings (SSSR count). The Hall–Kier alpha value is -1.10. The molecule has 0 aromatic heterocycles. The van der Waals surface area contributed by atoms with Gasteiger partial charge in [-0.25, -0.2) is 0 Å². The zero-order chi connectivity index (χ0) is 13.7. The quantitative estimate of drug-likeness (QED) is 0.717. The molecule has 5 heteroatoms. The third kappa shape index (κ3) is 3.69. The van der Waals surface area contributed by atoms with Crippen molar-refractivity contribution in [2.75, 3.05) is 13.1 Å². The van der Waals surface area contributed by atoms with Crippen LogP contribution in [-0.2, 0) is 9.59 Å². The molecule has 1 amide bonds. The van der Waals surface area contributed by atoms with Gasteiger partial charge in [0.15, 0.2) is 0 Å². The summed E-state index contributed by atoms with van der Waals surface area (Å²) in [5.41, 5.74) is -0.810. The van der Waals surface area contributed by atoms with Crippen LogP contribution in [0.1, 0.15) is 51.4 Å². The second-order valence-corrected chi connectivity index (χ2v) is 5.91. The van der Waals surface area contributed by atoms with Crippen molar-refractivity contribution in [1.29, 1.82) is 0 Å². The molecular formula is C14H24N2O3. The molecule has 108 valence electrons. The molecule has 0 aromatic carbocycles. The molecule has 1 heterocycles. The molecule has 5 nitrogen and oxygen atoms in total. The fraction of sp³-hybridized carbons (Fsp3) is 0.857. The summed E-state index contributed by atoms with van der Waals surface area (Å²) in [4.78, 5) is 23.6. The van der Waals surface area contributed by atoms with Gasteiger partial charge in [-0.05, 0) is 38.8 Å². The SMILES string of the molecule is O=C(CC1(C(=O)O)CCCCC1)NC1CCNCC1. The van der Waals surface area contributed by atoms with Crippen molar-refractivity contribution in [3.63, 3.8) is 0 Å². The van der Waals surface area contributed by atoms with Crippen LogP contribution >= 0.6 is 0 Å². The minimum Gasteiger partial charge on any atom is -0.481 e. The molecule has 0 unspecified atom stereocenters. The van der Waals surface area contributed by atoms with Gasteiger partial charge in [-0.2, -0.15) is 0 Å². The third-order valence-electron chi connectivity index (χ3n) is 4.47. The average Bonchev–Trinajstić information content (AvgIpc) is 2.40. The molecule has 0 spiro atoms. The van der Waals surface area contributed by atoms with Gasteiger partial charge in [0.25, 0.3) is 0 Å². The number of hydrogen-bond acceptors (Lipinski definition) is 3. The summed E-state index contributed by atoms with van der Waals surface area (Å²) in [6, 6.07) is 0.211. The average molecular weight is 268 g/mol. The topological polar surface area (TPSA) is 78.4 Å².